The van der Waals surface area contributed by atoms with E-state index >= 15 is 0 Å². The van der Waals surface area contributed by atoms with Gasteiger partial charge >= 0.3 is 0 Å². The fourth-order valence-corrected chi connectivity index (χ4v) is 2.71. The van der Waals surface area contributed by atoms with Gasteiger partial charge in [-0.2, -0.15) is 0 Å². The van der Waals surface area contributed by atoms with Gasteiger partial charge in [0, 0.05) is 13.2 Å². The molecule has 0 aliphatic rings. The van der Waals surface area contributed by atoms with Gasteiger partial charge in [0.25, 0.3) is 0 Å². The molecule has 2 aromatic rings. The van der Waals surface area contributed by atoms with E-state index in [2.05, 4.69) is 20.5 Å². The van der Waals surface area contributed by atoms with Crippen LogP contribution in [0.25, 0.3) is 0 Å². The molecule has 0 saturated heterocycles. The second kappa shape index (κ2) is 6.64. The second-order valence-corrected chi connectivity index (χ2v) is 6.47. The molecule has 2 rings (SSSR count). The Morgan fingerprint density at radius 2 is 2.14 bits per heavy atom. The summed E-state index contributed by atoms with van der Waals surface area (Å²) in [6.45, 7) is 3.62. The lowest BCUT2D eigenvalue weighted by Crippen LogP contribution is -2.23. The van der Waals surface area contributed by atoms with Crippen molar-refractivity contribution in [2.75, 3.05) is 5.32 Å². The molecule has 6 nitrogen and oxygen atoms in total. The Bertz CT molecular complexity index is 676. The van der Waals surface area contributed by atoms with E-state index in [1.165, 1.54) is 24.0 Å². The molecule has 21 heavy (non-hydrogen) atoms. The second-order valence-electron chi connectivity index (χ2n) is 4.32. The summed E-state index contributed by atoms with van der Waals surface area (Å²) >= 11 is 13.0. The number of rotatable bonds is 4. The predicted molar refractivity (Wildman–Crippen MR) is 83.9 cm³/mol. The van der Waals surface area contributed by atoms with Gasteiger partial charge in [0.2, 0.25) is 5.91 Å². The van der Waals surface area contributed by atoms with Gasteiger partial charge in [-0.3, -0.25) is 4.79 Å². The number of pyridine rings is 1. The van der Waals surface area contributed by atoms with E-state index in [0.29, 0.717) is 15.2 Å². The number of aromatic nitrogens is 4. The lowest BCUT2D eigenvalue weighted by Gasteiger charge is -2.11. The molecule has 0 fully saturated rings. The van der Waals surface area contributed by atoms with Crippen LogP contribution in [0.15, 0.2) is 17.4 Å². The molecular formula is C12H13Cl2N5OS. The van der Waals surface area contributed by atoms with Crippen molar-refractivity contribution in [3.8, 4) is 0 Å². The van der Waals surface area contributed by atoms with Crippen molar-refractivity contribution in [1.29, 1.82) is 0 Å². The minimum absolute atomic E-state index is 0.225. The summed E-state index contributed by atoms with van der Waals surface area (Å²) in [6.07, 6.45) is 1.42. The molecule has 1 amide bonds. The average molecular weight is 346 g/mol. The van der Waals surface area contributed by atoms with Crippen molar-refractivity contribution < 1.29 is 4.79 Å². The zero-order valence-electron chi connectivity index (χ0n) is 11.6. The molecule has 0 aliphatic carbocycles. The molecule has 0 unspecified atom stereocenters. The molecule has 112 valence electrons. The van der Waals surface area contributed by atoms with Gasteiger partial charge in [0.1, 0.15) is 5.82 Å². The predicted octanol–water partition coefficient (Wildman–Crippen LogP) is 2.94. The van der Waals surface area contributed by atoms with Crippen LogP contribution in [-0.4, -0.2) is 30.9 Å². The van der Waals surface area contributed by atoms with Crippen molar-refractivity contribution in [2.45, 2.75) is 24.3 Å². The number of carbonyl (C=O) groups is 1. The Hall–Kier alpha value is -1.31. The molecule has 0 aliphatic heterocycles. The molecule has 2 heterocycles. The monoisotopic (exact) mass is 345 g/mol. The molecule has 0 radical (unpaired) electrons. The van der Waals surface area contributed by atoms with Crippen LogP contribution in [0, 0.1) is 6.92 Å². The Balaban J connectivity index is 2.04. The Morgan fingerprint density at radius 1 is 1.43 bits per heavy atom. The van der Waals surface area contributed by atoms with E-state index in [0.717, 1.165) is 5.82 Å². The summed E-state index contributed by atoms with van der Waals surface area (Å²) in [5.41, 5.74) is 0. The zero-order chi connectivity index (χ0) is 15.6. The van der Waals surface area contributed by atoms with E-state index in [9.17, 15) is 4.79 Å². The van der Waals surface area contributed by atoms with E-state index in [4.69, 9.17) is 23.2 Å². The Morgan fingerprint density at radius 3 is 2.71 bits per heavy atom. The van der Waals surface area contributed by atoms with Gasteiger partial charge in [-0.1, -0.05) is 35.0 Å². The number of hydrogen-bond acceptors (Lipinski definition) is 5. The van der Waals surface area contributed by atoms with Gasteiger partial charge < -0.3 is 9.88 Å². The van der Waals surface area contributed by atoms with E-state index in [1.807, 2.05) is 18.5 Å². The maximum Gasteiger partial charge on any atom is 0.238 e. The van der Waals surface area contributed by atoms with Crippen molar-refractivity contribution in [1.82, 2.24) is 19.7 Å². The standard InChI is InChI=1S/C12H13Cl2N5OS/c1-6(21-12-18-17-7(2)19(12)3)11(20)16-10-9(14)4-8(13)5-15-10/h4-6H,1-3H3,(H,15,16,20)/t6-/m1/s1. The highest BCUT2D eigenvalue weighted by molar-refractivity contribution is 8.00. The van der Waals surface area contributed by atoms with Crippen molar-refractivity contribution in [2.24, 2.45) is 7.05 Å². The number of halogens is 2. The first-order valence-corrected chi connectivity index (χ1v) is 7.66. The van der Waals surface area contributed by atoms with Gasteiger partial charge in [-0.25, -0.2) is 4.98 Å². The first kappa shape index (κ1) is 16.1. The van der Waals surface area contributed by atoms with Crippen LogP contribution in [0.2, 0.25) is 10.0 Å². The first-order valence-electron chi connectivity index (χ1n) is 6.03. The lowest BCUT2D eigenvalue weighted by atomic mass is 10.4. The molecule has 0 saturated carbocycles. The number of anilines is 1. The minimum atomic E-state index is -0.374. The Kier molecular flexibility index (Phi) is 5.08. The molecule has 0 aromatic carbocycles. The van der Waals surface area contributed by atoms with E-state index < -0.39 is 0 Å². The van der Waals surface area contributed by atoms with Crippen molar-refractivity contribution in [3.05, 3.63) is 28.1 Å². The Labute approximate surface area is 136 Å². The molecule has 0 spiro atoms. The number of aryl methyl sites for hydroxylation is 1. The summed E-state index contributed by atoms with van der Waals surface area (Å²) in [6, 6.07) is 1.52. The lowest BCUT2D eigenvalue weighted by molar-refractivity contribution is -0.115. The maximum absolute atomic E-state index is 12.2. The number of carbonyl (C=O) groups excluding carboxylic acids is 1. The van der Waals surface area contributed by atoms with Crippen LogP contribution in [0.1, 0.15) is 12.7 Å². The van der Waals surface area contributed by atoms with Crippen molar-refractivity contribution >= 4 is 46.7 Å². The summed E-state index contributed by atoms with van der Waals surface area (Å²) in [7, 11) is 1.85. The third kappa shape index (κ3) is 3.87. The smallest absolute Gasteiger partial charge is 0.238 e. The third-order valence-corrected chi connectivity index (χ3v) is 4.38. The molecule has 2 aromatic heterocycles. The maximum atomic E-state index is 12.2. The normalized spacial score (nSPS) is 12.2. The molecule has 0 bridgehead atoms. The van der Waals surface area contributed by atoms with E-state index in [-0.39, 0.29) is 17.0 Å². The molecule has 1 N–H and O–H groups in total. The SMILES string of the molecule is Cc1nnc(S[C@H](C)C(=O)Nc2ncc(Cl)cc2Cl)n1C. The van der Waals surface area contributed by atoms with Crippen LogP contribution in [0.4, 0.5) is 5.82 Å². The van der Waals surface area contributed by atoms with Crippen molar-refractivity contribution in [3.63, 3.8) is 0 Å². The summed E-state index contributed by atoms with van der Waals surface area (Å²) in [4.78, 5) is 16.1. The highest BCUT2D eigenvalue weighted by Crippen LogP contribution is 2.25. The number of hydrogen-bond donors (Lipinski definition) is 1. The molecular weight excluding hydrogens is 333 g/mol. The van der Waals surface area contributed by atoms with Crippen LogP contribution in [0.5, 0.6) is 0 Å². The quantitative estimate of drug-likeness (QED) is 0.862. The minimum Gasteiger partial charge on any atom is -0.309 e. The summed E-state index contributed by atoms with van der Waals surface area (Å²) in [5, 5.41) is 11.6. The van der Waals surface area contributed by atoms with Crippen LogP contribution < -0.4 is 5.32 Å². The molecule has 1 atom stereocenters. The highest BCUT2D eigenvalue weighted by atomic mass is 35.5. The average Bonchev–Trinajstić information content (AvgIpc) is 2.73. The van der Waals surface area contributed by atoms with Gasteiger partial charge in [0.05, 0.1) is 15.3 Å². The fourth-order valence-electron chi connectivity index (χ4n) is 1.43. The number of thioether (sulfide) groups is 1. The third-order valence-electron chi connectivity index (χ3n) is 2.75. The highest BCUT2D eigenvalue weighted by Gasteiger charge is 2.19. The molecule has 9 heteroatoms. The number of nitrogens with zero attached hydrogens (tertiary/aromatic N) is 4. The van der Waals surface area contributed by atoms with E-state index in [1.54, 1.807) is 6.92 Å². The van der Waals surface area contributed by atoms with Crippen LogP contribution >= 0.6 is 35.0 Å². The zero-order valence-corrected chi connectivity index (χ0v) is 13.9. The van der Waals surface area contributed by atoms with Gasteiger partial charge in [-0.05, 0) is 19.9 Å². The fraction of sp³-hybridized carbons (Fsp3) is 0.333. The largest absolute Gasteiger partial charge is 0.309 e. The topological polar surface area (TPSA) is 72.7 Å². The van der Waals surface area contributed by atoms with Crippen LogP contribution in [-0.2, 0) is 11.8 Å². The van der Waals surface area contributed by atoms with Gasteiger partial charge in [0.15, 0.2) is 11.0 Å². The van der Waals surface area contributed by atoms with Crippen LogP contribution in [0.3, 0.4) is 0 Å². The summed E-state index contributed by atoms with van der Waals surface area (Å²) in [5.74, 6) is 0.845. The number of nitrogens with one attached hydrogen (secondary N) is 1. The summed E-state index contributed by atoms with van der Waals surface area (Å²) < 4.78 is 1.82. The van der Waals surface area contributed by atoms with Gasteiger partial charge in [-0.15, -0.1) is 10.2 Å². The first-order chi connectivity index (χ1) is 9.88. The number of amides is 1.